The van der Waals surface area contributed by atoms with E-state index in [1.807, 2.05) is 4.72 Å². The summed E-state index contributed by atoms with van der Waals surface area (Å²) in [5.74, 6) is -1.69. The van der Waals surface area contributed by atoms with Gasteiger partial charge in [0.15, 0.2) is 0 Å². The second kappa shape index (κ2) is 4.81. The number of halogens is 2. The average molecular weight is 286 g/mol. The van der Waals surface area contributed by atoms with Crippen molar-refractivity contribution in [3.05, 3.63) is 58.5 Å². The van der Waals surface area contributed by atoms with E-state index >= 15 is 0 Å². The van der Waals surface area contributed by atoms with Crippen molar-refractivity contribution in [3.8, 4) is 0 Å². The summed E-state index contributed by atoms with van der Waals surface area (Å²) in [6.45, 7) is 0. The van der Waals surface area contributed by atoms with Gasteiger partial charge in [-0.2, -0.15) is 0 Å². The Bertz CT molecular complexity index is 751. The molecular formula is C11H8F2N2O3S. The number of H-pyrrole nitrogens is 1. The zero-order valence-corrected chi connectivity index (χ0v) is 10.2. The molecule has 100 valence electrons. The predicted molar refractivity (Wildman–Crippen MR) is 64.2 cm³/mol. The van der Waals surface area contributed by atoms with Crippen LogP contribution in [-0.2, 0) is 10.0 Å². The van der Waals surface area contributed by atoms with E-state index in [2.05, 4.69) is 4.98 Å². The first-order valence-corrected chi connectivity index (χ1v) is 6.53. The zero-order chi connectivity index (χ0) is 14.0. The number of sulfonamides is 1. The Labute approximate surface area is 107 Å². The highest BCUT2D eigenvalue weighted by molar-refractivity contribution is 7.92. The molecule has 2 aromatic rings. The number of hydrogen-bond acceptors (Lipinski definition) is 3. The molecule has 0 bridgehead atoms. The van der Waals surface area contributed by atoms with Crippen LogP contribution in [0.15, 0.2) is 46.2 Å². The second-order valence-corrected chi connectivity index (χ2v) is 5.30. The van der Waals surface area contributed by atoms with Crippen LogP contribution in [0.2, 0.25) is 0 Å². The van der Waals surface area contributed by atoms with Crippen LogP contribution < -0.4 is 10.3 Å². The summed E-state index contributed by atoms with van der Waals surface area (Å²) in [6.07, 6.45) is 0.960. The fraction of sp³-hybridized carbons (Fsp3) is 0. The number of rotatable bonds is 3. The molecule has 0 saturated heterocycles. The normalized spacial score (nSPS) is 11.3. The first kappa shape index (κ1) is 13.2. The quantitative estimate of drug-likeness (QED) is 0.896. The van der Waals surface area contributed by atoms with Crippen molar-refractivity contribution in [2.24, 2.45) is 0 Å². The van der Waals surface area contributed by atoms with Crippen LogP contribution in [0.1, 0.15) is 0 Å². The summed E-state index contributed by atoms with van der Waals surface area (Å²) >= 11 is 0. The maximum atomic E-state index is 13.3. The molecule has 1 aromatic carbocycles. The van der Waals surface area contributed by atoms with Crippen molar-refractivity contribution in [3.63, 3.8) is 0 Å². The van der Waals surface area contributed by atoms with Crippen LogP contribution in [0.3, 0.4) is 0 Å². The monoisotopic (exact) mass is 286 g/mol. The molecular weight excluding hydrogens is 278 g/mol. The summed E-state index contributed by atoms with van der Waals surface area (Å²) < 4.78 is 51.9. The number of nitrogens with one attached hydrogen (secondary N) is 2. The maximum absolute atomic E-state index is 13.3. The fourth-order valence-electron chi connectivity index (χ4n) is 1.34. The van der Waals surface area contributed by atoms with Gasteiger partial charge in [-0.1, -0.05) is 0 Å². The molecule has 0 aliphatic rings. The topological polar surface area (TPSA) is 79.0 Å². The lowest BCUT2D eigenvalue weighted by atomic mass is 10.3. The minimum atomic E-state index is -4.10. The van der Waals surface area contributed by atoms with Gasteiger partial charge in [-0.05, 0) is 18.2 Å². The molecule has 0 fully saturated rings. The van der Waals surface area contributed by atoms with Crippen molar-refractivity contribution < 1.29 is 17.2 Å². The van der Waals surface area contributed by atoms with Crippen LogP contribution in [-0.4, -0.2) is 13.4 Å². The van der Waals surface area contributed by atoms with Gasteiger partial charge in [0.1, 0.15) is 16.5 Å². The molecule has 2 rings (SSSR count). The van der Waals surface area contributed by atoms with Crippen molar-refractivity contribution in [1.29, 1.82) is 0 Å². The highest BCUT2D eigenvalue weighted by Gasteiger charge is 2.16. The lowest BCUT2D eigenvalue weighted by Crippen LogP contribution is -2.16. The molecule has 1 aromatic heterocycles. The van der Waals surface area contributed by atoms with E-state index in [-0.39, 0.29) is 4.90 Å². The van der Waals surface area contributed by atoms with E-state index in [0.29, 0.717) is 0 Å². The van der Waals surface area contributed by atoms with Crippen LogP contribution in [0, 0.1) is 11.6 Å². The van der Waals surface area contributed by atoms with Crippen LogP contribution >= 0.6 is 0 Å². The highest BCUT2D eigenvalue weighted by Crippen LogP contribution is 2.19. The van der Waals surface area contributed by atoms with Crippen molar-refractivity contribution >= 4 is 15.7 Å². The molecule has 0 atom stereocenters. The summed E-state index contributed by atoms with van der Waals surface area (Å²) in [4.78, 5) is 12.7. The maximum Gasteiger partial charge on any atom is 0.263 e. The zero-order valence-electron chi connectivity index (χ0n) is 9.35. The fourth-order valence-corrected chi connectivity index (χ4v) is 2.37. The molecule has 0 aliphatic heterocycles. The first-order valence-electron chi connectivity index (χ1n) is 5.05. The molecule has 0 saturated carbocycles. The average Bonchev–Trinajstić information content (AvgIpc) is 2.34. The van der Waals surface area contributed by atoms with Gasteiger partial charge in [0.2, 0.25) is 5.56 Å². The van der Waals surface area contributed by atoms with Gasteiger partial charge in [0, 0.05) is 18.3 Å². The van der Waals surface area contributed by atoms with E-state index in [4.69, 9.17) is 0 Å². The van der Waals surface area contributed by atoms with E-state index < -0.39 is 32.9 Å². The minimum absolute atomic E-state index is 0.268. The Morgan fingerprint density at radius 2 is 1.84 bits per heavy atom. The highest BCUT2D eigenvalue weighted by atomic mass is 32.2. The van der Waals surface area contributed by atoms with E-state index in [1.54, 1.807) is 0 Å². The summed E-state index contributed by atoms with van der Waals surface area (Å²) in [5, 5.41) is 0. The van der Waals surface area contributed by atoms with Gasteiger partial charge in [-0.15, -0.1) is 0 Å². The van der Waals surface area contributed by atoms with Crippen LogP contribution in [0.5, 0.6) is 0 Å². The molecule has 0 spiro atoms. The van der Waals surface area contributed by atoms with Gasteiger partial charge in [0.25, 0.3) is 10.0 Å². The number of hydrogen-bond donors (Lipinski definition) is 2. The predicted octanol–water partition coefficient (Wildman–Crippen LogP) is 1.45. The Morgan fingerprint density at radius 1 is 1.11 bits per heavy atom. The lowest BCUT2D eigenvalue weighted by Gasteiger charge is -2.08. The summed E-state index contributed by atoms with van der Waals surface area (Å²) in [6, 6.07) is 4.46. The van der Waals surface area contributed by atoms with Gasteiger partial charge in [-0.25, -0.2) is 17.2 Å². The number of anilines is 1. The standard InChI is InChI=1S/C11H8F2N2O3S/c12-7-1-3-9(13)10(5-7)15-19(17,18)8-2-4-11(16)14-6-8/h1-6,15H,(H,14,16). The number of aromatic amines is 1. The SMILES string of the molecule is O=c1ccc(S(=O)(=O)Nc2cc(F)ccc2F)c[nH]1. The number of benzene rings is 1. The van der Waals surface area contributed by atoms with Crippen molar-refractivity contribution in [2.75, 3.05) is 4.72 Å². The lowest BCUT2D eigenvalue weighted by molar-refractivity contribution is 0.594. The van der Waals surface area contributed by atoms with Crippen molar-refractivity contribution in [2.45, 2.75) is 4.90 Å². The van der Waals surface area contributed by atoms with Crippen LogP contribution in [0.25, 0.3) is 0 Å². The van der Waals surface area contributed by atoms with Gasteiger partial charge >= 0.3 is 0 Å². The molecule has 0 radical (unpaired) electrons. The molecule has 1 heterocycles. The molecule has 2 N–H and O–H groups in total. The van der Waals surface area contributed by atoms with E-state index in [9.17, 15) is 22.0 Å². The van der Waals surface area contributed by atoms with Gasteiger partial charge in [-0.3, -0.25) is 9.52 Å². The van der Waals surface area contributed by atoms with Crippen LogP contribution in [0.4, 0.5) is 14.5 Å². The summed E-state index contributed by atoms with van der Waals surface area (Å²) in [5.41, 5.74) is -0.984. The number of pyridine rings is 1. The molecule has 0 amide bonds. The first-order chi connectivity index (χ1) is 8.88. The van der Waals surface area contributed by atoms with Gasteiger partial charge < -0.3 is 4.98 Å². The largest absolute Gasteiger partial charge is 0.328 e. The number of aromatic nitrogens is 1. The third kappa shape index (κ3) is 2.97. The van der Waals surface area contributed by atoms with E-state index in [0.717, 1.165) is 36.5 Å². The second-order valence-electron chi connectivity index (χ2n) is 3.62. The minimum Gasteiger partial charge on any atom is -0.328 e. The summed E-state index contributed by atoms with van der Waals surface area (Å²) in [7, 11) is -4.10. The Kier molecular flexibility index (Phi) is 3.34. The van der Waals surface area contributed by atoms with Gasteiger partial charge in [0.05, 0.1) is 5.69 Å². The molecule has 0 aliphatic carbocycles. The Hall–Kier alpha value is -2.22. The third-order valence-electron chi connectivity index (χ3n) is 2.24. The molecule has 5 nitrogen and oxygen atoms in total. The van der Waals surface area contributed by atoms with E-state index in [1.165, 1.54) is 0 Å². The third-order valence-corrected chi connectivity index (χ3v) is 3.60. The Balaban J connectivity index is 2.39. The molecule has 19 heavy (non-hydrogen) atoms. The smallest absolute Gasteiger partial charge is 0.263 e. The molecule has 0 unspecified atom stereocenters. The van der Waals surface area contributed by atoms with Crippen molar-refractivity contribution in [1.82, 2.24) is 4.98 Å². The molecule has 8 heteroatoms. The Morgan fingerprint density at radius 3 is 2.47 bits per heavy atom.